The zero-order chi connectivity index (χ0) is 21.0. The van der Waals surface area contributed by atoms with Crippen molar-refractivity contribution in [2.24, 2.45) is 11.8 Å². The number of imide groups is 1. The third-order valence-corrected chi connectivity index (χ3v) is 10.3. The Morgan fingerprint density at radius 1 is 0.929 bits per heavy atom. The molecule has 28 heavy (non-hydrogen) atoms. The average Bonchev–Trinajstić information content (AvgIpc) is 3.00. The van der Waals surface area contributed by atoms with Gasteiger partial charge in [-0.05, 0) is 30.0 Å². The lowest BCUT2D eigenvalue weighted by Crippen LogP contribution is -2.50. The number of aryl methyl sites for hydroxylation is 1. The number of anilines is 1. The summed E-state index contributed by atoms with van der Waals surface area (Å²) in [6.45, 7) is 5.87. The minimum Gasteiger partial charge on any atom is -0.274 e. The highest BCUT2D eigenvalue weighted by molar-refractivity contribution is 6.67. The summed E-state index contributed by atoms with van der Waals surface area (Å²) in [5.74, 6) is -3.10. The number of nitrogens with zero attached hydrogens (tertiary/aromatic N) is 1. The van der Waals surface area contributed by atoms with Crippen molar-refractivity contribution in [1.29, 1.82) is 0 Å². The molecule has 1 aromatic rings. The molecule has 1 aliphatic heterocycles. The number of alkyl halides is 4. The SMILES string of the molecule is Cc1ccc(C(C)C)cc1N1C(=O)[C@@H]2[C@H](C1=O)[C@@]1(Cl)C(Cl)=C(Cl)[C@@]2(Cl)C1(Cl)Cl. The summed E-state index contributed by atoms with van der Waals surface area (Å²) in [6.07, 6.45) is 0. The van der Waals surface area contributed by atoms with Crippen molar-refractivity contribution in [2.75, 3.05) is 4.90 Å². The van der Waals surface area contributed by atoms with Crippen LogP contribution in [-0.4, -0.2) is 25.9 Å². The van der Waals surface area contributed by atoms with Crippen LogP contribution in [0.2, 0.25) is 0 Å². The smallest absolute Gasteiger partial charge is 0.240 e. The first kappa shape index (κ1) is 21.1. The molecular formula is C19H15Cl6NO2. The Balaban J connectivity index is 1.90. The van der Waals surface area contributed by atoms with Crippen molar-refractivity contribution in [3.05, 3.63) is 39.4 Å². The molecule has 150 valence electrons. The fourth-order valence-corrected chi connectivity index (χ4v) is 7.39. The van der Waals surface area contributed by atoms with Crippen LogP contribution < -0.4 is 4.90 Å². The Morgan fingerprint density at radius 2 is 1.39 bits per heavy atom. The summed E-state index contributed by atoms with van der Waals surface area (Å²) in [5, 5.41) is -0.180. The van der Waals surface area contributed by atoms with Gasteiger partial charge in [0.1, 0.15) is 9.75 Å². The minimum atomic E-state index is -1.92. The largest absolute Gasteiger partial charge is 0.274 e. The van der Waals surface area contributed by atoms with Crippen molar-refractivity contribution in [3.8, 4) is 0 Å². The van der Waals surface area contributed by atoms with Crippen LogP contribution in [0.1, 0.15) is 30.9 Å². The number of benzene rings is 1. The molecule has 2 amide bonds. The molecule has 0 N–H and O–H groups in total. The lowest BCUT2D eigenvalue weighted by atomic mass is 9.84. The van der Waals surface area contributed by atoms with Crippen LogP contribution >= 0.6 is 69.6 Å². The number of hydrogen-bond acceptors (Lipinski definition) is 2. The van der Waals surface area contributed by atoms with E-state index in [0.29, 0.717) is 5.69 Å². The fourth-order valence-electron chi connectivity index (χ4n) is 4.46. The molecule has 1 heterocycles. The summed E-state index contributed by atoms with van der Waals surface area (Å²) >= 11 is 39.1. The predicted molar refractivity (Wildman–Crippen MR) is 115 cm³/mol. The van der Waals surface area contributed by atoms with E-state index in [-0.39, 0.29) is 16.0 Å². The van der Waals surface area contributed by atoms with Crippen LogP contribution in [-0.2, 0) is 9.59 Å². The van der Waals surface area contributed by atoms with Crippen LogP contribution in [0.5, 0.6) is 0 Å². The van der Waals surface area contributed by atoms with E-state index in [1.165, 1.54) is 0 Å². The molecular weight excluding hydrogens is 487 g/mol. The molecule has 4 atom stereocenters. The molecule has 0 radical (unpaired) electrons. The number of amides is 2. The standard InChI is InChI=1S/C19H15Cl6NO2/c1-7(2)9-5-4-8(3)10(6-9)26-15(27)11-12(16(26)28)18(23)14(21)13(20)17(11,22)19(18,24)25/h4-7,11-12H,1-3H3/t11-,12+,17-,18-/m1/s1. The van der Waals surface area contributed by atoms with Crippen LogP contribution in [0.25, 0.3) is 0 Å². The molecule has 0 unspecified atom stereocenters. The number of hydrogen-bond donors (Lipinski definition) is 0. The van der Waals surface area contributed by atoms with Crippen molar-refractivity contribution in [3.63, 3.8) is 0 Å². The van der Waals surface area contributed by atoms with E-state index < -0.39 is 37.7 Å². The summed E-state index contributed by atoms with van der Waals surface area (Å²) in [5.41, 5.74) is 2.23. The molecule has 1 aromatic carbocycles. The molecule has 4 rings (SSSR count). The highest BCUT2D eigenvalue weighted by Gasteiger charge is 2.87. The fraction of sp³-hybridized carbons (Fsp3) is 0.474. The number of halogens is 6. The van der Waals surface area contributed by atoms with Crippen LogP contribution in [0, 0.1) is 18.8 Å². The van der Waals surface area contributed by atoms with Gasteiger partial charge in [0.2, 0.25) is 11.8 Å². The first-order valence-electron chi connectivity index (χ1n) is 8.63. The van der Waals surface area contributed by atoms with Crippen LogP contribution in [0.3, 0.4) is 0 Å². The lowest BCUT2D eigenvalue weighted by Gasteiger charge is -2.34. The normalized spacial score (nSPS) is 36.1. The molecule has 0 aromatic heterocycles. The number of fused-ring (bicyclic) bond motifs is 5. The van der Waals surface area contributed by atoms with E-state index in [0.717, 1.165) is 16.0 Å². The van der Waals surface area contributed by atoms with Gasteiger partial charge in [0.15, 0.2) is 4.33 Å². The summed E-state index contributed by atoms with van der Waals surface area (Å²) in [6, 6.07) is 5.65. The Hall–Kier alpha value is -0.160. The predicted octanol–water partition coefficient (Wildman–Crippen LogP) is 6.07. The van der Waals surface area contributed by atoms with E-state index in [2.05, 4.69) is 0 Å². The molecule has 3 aliphatic rings. The first-order chi connectivity index (χ1) is 12.8. The molecule has 1 saturated heterocycles. The van der Waals surface area contributed by atoms with Gasteiger partial charge >= 0.3 is 0 Å². The number of carbonyl (C=O) groups is 2. The van der Waals surface area contributed by atoms with Crippen molar-refractivity contribution in [1.82, 2.24) is 0 Å². The maximum atomic E-state index is 13.4. The molecule has 2 aliphatic carbocycles. The van der Waals surface area contributed by atoms with Gasteiger partial charge in [0.05, 0.1) is 27.6 Å². The molecule has 0 spiro atoms. The van der Waals surface area contributed by atoms with Gasteiger partial charge in [-0.1, -0.05) is 72.4 Å². The number of carbonyl (C=O) groups excluding carboxylic acids is 2. The van der Waals surface area contributed by atoms with Gasteiger partial charge < -0.3 is 0 Å². The lowest BCUT2D eigenvalue weighted by molar-refractivity contribution is -0.123. The second kappa shape index (κ2) is 6.18. The highest BCUT2D eigenvalue weighted by Crippen LogP contribution is 2.77. The Labute approximate surface area is 192 Å². The molecule has 2 bridgehead atoms. The Kier molecular flexibility index (Phi) is 4.66. The number of allylic oxidation sites excluding steroid dienone is 2. The van der Waals surface area contributed by atoms with Crippen molar-refractivity contribution >= 4 is 87.1 Å². The molecule has 1 saturated carbocycles. The van der Waals surface area contributed by atoms with Crippen LogP contribution in [0.4, 0.5) is 5.69 Å². The van der Waals surface area contributed by atoms with Gasteiger partial charge in [-0.15, -0.1) is 23.2 Å². The molecule has 3 nitrogen and oxygen atoms in total. The highest BCUT2D eigenvalue weighted by atomic mass is 35.5. The summed E-state index contributed by atoms with van der Waals surface area (Å²) in [4.78, 5) is 24.4. The zero-order valence-electron chi connectivity index (χ0n) is 15.0. The van der Waals surface area contributed by atoms with E-state index in [1.54, 1.807) is 0 Å². The first-order valence-corrected chi connectivity index (χ1v) is 10.9. The maximum absolute atomic E-state index is 13.4. The maximum Gasteiger partial charge on any atom is 0.240 e. The van der Waals surface area contributed by atoms with Gasteiger partial charge in [-0.3, -0.25) is 9.59 Å². The quantitative estimate of drug-likeness (QED) is 0.364. The second-order valence-electron chi connectivity index (χ2n) is 7.79. The minimum absolute atomic E-state index is 0.0901. The third-order valence-electron chi connectivity index (χ3n) is 6.05. The Morgan fingerprint density at radius 3 is 1.82 bits per heavy atom. The van der Waals surface area contributed by atoms with Crippen LogP contribution in [0.15, 0.2) is 28.3 Å². The van der Waals surface area contributed by atoms with Gasteiger partial charge in [0, 0.05) is 0 Å². The number of rotatable bonds is 2. The molecule has 2 fully saturated rings. The van der Waals surface area contributed by atoms with Crippen molar-refractivity contribution < 1.29 is 9.59 Å². The van der Waals surface area contributed by atoms with E-state index in [9.17, 15) is 9.59 Å². The topological polar surface area (TPSA) is 37.4 Å². The second-order valence-corrected chi connectivity index (χ2v) is 11.1. The third kappa shape index (κ3) is 2.11. The van der Waals surface area contributed by atoms with E-state index >= 15 is 0 Å². The zero-order valence-corrected chi connectivity index (χ0v) is 19.5. The average molecular weight is 502 g/mol. The monoisotopic (exact) mass is 499 g/mol. The van der Waals surface area contributed by atoms with Gasteiger partial charge in [-0.2, -0.15) is 0 Å². The van der Waals surface area contributed by atoms with Crippen molar-refractivity contribution in [2.45, 2.75) is 40.8 Å². The van der Waals surface area contributed by atoms with Gasteiger partial charge in [0.25, 0.3) is 0 Å². The van der Waals surface area contributed by atoms with E-state index in [4.69, 9.17) is 69.6 Å². The summed E-state index contributed by atoms with van der Waals surface area (Å²) in [7, 11) is 0. The summed E-state index contributed by atoms with van der Waals surface area (Å²) < 4.78 is -1.92. The van der Waals surface area contributed by atoms with E-state index in [1.807, 2.05) is 39.0 Å². The van der Waals surface area contributed by atoms with Gasteiger partial charge in [-0.25, -0.2) is 4.90 Å². The molecule has 9 heteroatoms. The Bertz CT molecular complexity index is 927.